The lowest BCUT2D eigenvalue weighted by atomic mass is 10.6. The Morgan fingerprint density at radius 2 is 2.36 bits per heavy atom. The molecule has 0 aliphatic carbocycles. The second-order valence-corrected chi connectivity index (χ2v) is 3.19. The molecule has 7 nitrogen and oxygen atoms in total. The first kappa shape index (κ1) is 13.0. The summed E-state index contributed by atoms with van der Waals surface area (Å²) in [6, 6.07) is 0. The highest BCUT2D eigenvalue weighted by molar-refractivity contribution is 7.80. The fourth-order valence-corrected chi connectivity index (χ4v) is 0.814. The van der Waals surface area contributed by atoms with Gasteiger partial charge in [-0.1, -0.05) is 6.58 Å². The van der Waals surface area contributed by atoms with Crippen LogP contribution in [0.1, 0.15) is 0 Å². The third kappa shape index (κ3) is 9.13. The van der Waals surface area contributed by atoms with Gasteiger partial charge in [0.15, 0.2) is 6.29 Å². The Kier molecular flexibility index (Phi) is 6.04. The molecule has 0 aromatic rings. The summed E-state index contributed by atoms with van der Waals surface area (Å²) >= 11 is 0. The minimum Gasteiger partial charge on any atom is -0.375 e. The van der Waals surface area contributed by atoms with Crippen LogP contribution in [0.25, 0.3) is 0 Å². The van der Waals surface area contributed by atoms with Gasteiger partial charge in [0.05, 0.1) is 12.9 Å². The van der Waals surface area contributed by atoms with Crippen molar-refractivity contribution in [2.24, 2.45) is 4.99 Å². The fourth-order valence-electron chi connectivity index (χ4n) is 0.487. The van der Waals surface area contributed by atoms with E-state index in [4.69, 9.17) is 9.66 Å². The van der Waals surface area contributed by atoms with E-state index in [1.54, 1.807) is 6.34 Å². The van der Waals surface area contributed by atoms with Gasteiger partial charge in [0.1, 0.15) is 0 Å². The quantitative estimate of drug-likeness (QED) is 0.320. The highest BCUT2D eigenvalue weighted by Gasteiger charge is 2.08. The van der Waals surface area contributed by atoms with E-state index < -0.39 is 16.7 Å². The third-order valence-electron chi connectivity index (χ3n) is 0.990. The summed E-state index contributed by atoms with van der Waals surface area (Å²) in [5, 5.41) is 11.2. The van der Waals surface area contributed by atoms with E-state index in [0.717, 1.165) is 19.2 Å². The molecule has 0 saturated carbocycles. The molecule has 1 rings (SSSR count). The molecule has 1 atom stereocenters. The predicted molar refractivity (Wildman–Crippen MR) is 50.2 cm³/mol. The van der Waals surface area contributed by atoms with Gasteiger partial charge in [0, 0.05) is 6.54 Å². The van der Waals surface area contributed by atoms with Crippen LogP contribution in [0.15, 0.2) is 17.6 Å². The van der Waals surface area contributed by atoms with E-state index in [0.29, 0.717) is 0 Å². The van der Waals surface area contributed by atoms with Crippen LogP contribution in [-0.2, 0) is 14.6 Å². The zero-order valence-corrected chi connectivity index (χ0v) is 8.14. The summed E-state index contributed by atoms with van der Waals surface area (Å²) in [5.74, 6) is 0. The number of hydrogen-bond acceptors (Lipinski definition) is 6. The Bertz CT molecular complexity index is 281. The Balaban J connectivity index is 0.000000280. The lowest BCUT2D eigenvalue weighted by molar-refractivity contribution is 0.0216. The van der Waals surface area contributed by atoms with Gasteiger partial charge in [-0.15, -0.1) is 0 Å². The zero-order chi connectivity index (χ0) is 11.0. The van der Waals surface area contributed by atoms with Crippen LogP contribution in [0, 0.1) is 0 Å². The third-order valence-corrected chi connectivity index (χ3v) is 1.43. The molecule has 0 aromatic heterocycles. The monoisotopic (exact) mass is 224 g/mol. The molecule has 0 bridgehead atoms. The summed E-state index contributed by atoms with van der Waals surface area (Å²) in [7, 11) is -4.56. The van der Waals surface area contributed by atoms with Gasteiger partial charge < -0.3 is 10.4 Å². The molecule has 8 heteroatoms. The molecule has 1 aliphatic rings. The molecule has 14 heavy (non-hydrogen) atoms. The van der Waals surface area contributed by atoms with E-state index in [-0.39, 0.29) is 0 Å². The molecule has 82 valence electrons. The van der Waals surface area contributed by atoms with E-state index >= 15 is 0 Å². The van der Waals surface area contributed by atoms with Crippen LogP contribution in [0.4, 0.5) is 0 Å². The highest BCUT2D eigenvalue weighted by atomic mass is 32.3. The maximum Gasteiger partial charge on any atom is 0.400 e. The van der Waals surface area contributed by atoms with Crippen LogP contribution >= 0.6 is 0 Å². The van der Waals surface area contributed by atoms with E-state index in [1.165, 1.54) is 0 Å². The average Bonchev–Trinajstić information content (AvgIpc) is 2.57. The normalized spacial score (nSPS) is 16.4. The number of aliphatic hydroxyl groups excluding tert-OH is 1. The van der Waals surface area contributed by atoms with Gasteiger partial charge in [0.2, 0.25) is 0 Å². The second kappa shape index (κ2) is 6.49. The van der Waals surface area contributed by atoms with E-state index in [2.05, 4.69) is 21.1 Å². The predicted octanol–water partition coefficient (Wildman–Crippen LogP) is -1.07. The molecule has 0 amide bonds. The van der Waals surface area contributed by atoms with Crippen molar-refractivity contribution in [2.45, 2.75) is 6.29 Å². The molecule has 0 radical (unpaired) electrons. The number of hydrogen-bond donors (Lipinski definition) is 3. The average molecular weight is 224 g/mol. The molecular formula is C6H12N2O5S. The van der Waals surface area contributed by atoms with Crippen molar-refractivity contribution in [1.29, 1.82) is 0 Å². The standard InChI is InChI=1S/C3H6N2.C3H6O5S/c1-2-5-3-4-1;1-2-3(4)8-9(5,6)7/h3H,1-2H2,(H,4,5);2-4H,1H2,(H,5,6,7). The number of rotatable bonds is 3. The summed E-state index contributed by atoms with van der Waals surface area (Å²) in [5.41, 5.74) is 0. The van der Waals surface area contributed by atoms with Crippen molar-refractivity contribution in [2.75, 3.05) is 13.1 Å². The Morgan fingerprint density at radius 1 is 1.71 bits per heavy atom. The number of aliphatic hydroxyl groups is 1. The smallest absolute Gasteiger partial charge is 0.375 e. The second-order valence-electron chi connectivity index (χ2n) is 2.14. The number of aliphatic imine (C=N–C) groups is 1. The van der Waals surface area contributed by atoms with Crippen LogP contribution < -0.4 is 5.32 Å². The molecule has 0 fully saturated rings. The lowest BCUT2D eigenvalue weighted by Crippen LogP contribution is -2.13. The van der Waals surface area contributed by atoms with Gasteiger partial charge >= 0.3 is 10.4 Å². The molecule has 0 aromatic carbocycles. The van der Waals surface area contributed by atoms with Crippen LogP contribution in [0.2, 0.25) is 0 Å². The van der Waals surface area contributed by atoms with Gasteiger partial charge in [0.25, 0.3) is 0 Å². The largest absolute Gasteiger partial charge is 0.400 e. The van der Waals surface area contributed by atoms with Crippen LogP contribution in [-0.4, -0.2) is 43.8 Å². The maximum atomic E-state index is 9.73. The molecule has 1 aliphatic heterocycles. The van der Waals surface area contributed by atoms with Crippen molar-refractivity contribution in [1.82, 2.24) is 5.32 Å². The molecule has 3 N–H and O–H groups in total. The molecule has 1 heterocycles. The highest BCUT2D eigenvalue weighted by Crippen LogP contribution is 1.92. The first-order valence-corrected chi connectivity index (χ1v) is 5.00. The van der Waals surface area contributed by atoms with Gasteiger partial charge in [-0.3, -0.25) is 9.55 Å². The maximum absolute atomic E-state index is 9.73. The van der Waals surface area contributed by atoms with E-state index in [1.807, 2.05) is 0 Å². The first-order valence-electron chi connectivity index (χ1n) is 3.63. The summed E-state index contributed by atoms with van der Waals surface area (Å²) in [6.45, 7) is 4.98. The SMILES string of the molecule is C1=NCCN1.C=CC(O)OS(=O)(=O)O. The molecule has 1 unspecified atom stereocenters. The summed E-state index contributed by atoms with van der Waals surface area (Å²) < 4.78 is 30.9. The van der Waals surface area contributed by atoms with Gasteiger partial charge in [-0.25, -0.2) is 4.18 Å². The van der Waals surface area contributed by atoms with Crippen molar-refractivity contribution in [3.05, 3.63) is 12.7 Å². The zero-order valence-electron chi connectivity index (χ0n) is 7.33. The number of nitrogens with zero attached hydrogens (tertiary/aromatic N) is 1. The van der Waals surface area contributed by atoms with Crippen molar-refractivity contribution in [3.63, 3.8) is 0 Å². The van der Waals surface area contributed by atoms with Crippen LogP contribution in [0.5, 0.6) is 0 Å². The minimum atomic E-state index is -4.56. The Morgan fingerprint density at radius 3 is 2.50 bits per heavy atom. The van der Waals surface area contributed by atoms with Gasteiger partial charge in [-0.2, -0.15) is 8.42 Å². The van der Waals surface area contributed by atoms with Crippen molar-refractivity contribution >= 4 is 16.7 Å². The summed E-state index contributed by atoms with van der Waals surface area (Å²) in [6.07, 6.45) is 0.869. The van der Waals surface area contributed by atoms with Crippen molar-refractivity contribution in [3.8, 4) is 0 Å². The Labute approximate surface area is 82.1 Å². The number of nitrogens with one attached hydrogen (secondary N) is 1. The van der Waals surface area contributed by atoms with Gasteiger partial charge in [-0.05, 0) is 6.08 Å². The topological polar surface area (TPSA) is 108 Å². The van der Waals surface area contributed by atoms with Crippen molar-refractivity contribution < 1.29 is 22.3 Å². The lowest BCUT2D eigenvalue weighted by Gasteiger charge is -2.00. The summed E-state index contributed by atoms with van der Waals surface area (Å²) in [4.78, 5) is 3.85. The fraction of sp³-hybridized carbons (Fsp3) is 0.500. The van der Waals surface area contributed by atoms with E-state index in [9.17, 15) is 8.42 Å². The molecular weight excluding hydrogens is 212 g/mol. The minimum absolute atomic E-state index is 0.813. The molecule has 0 spiro atoms. The molecule has 0 saturated heterocycles. The Hall–Kier alpha value is -0.960. The van der Waals surface area contributed by atoms with Crippen LogP contribution in [0.3, 0.4) is 0 Å². The first-order chi connectivity index (χ1) is 6.45.